The van der Waals surface area contributed by atoms with Crippen LogP contribution in [0.1, 0.15) is 61.3 Å². The van der Waals surface area contributed by atoms with Gasteiger partial charge in [0, 0.05) is 151 Å². The molecule has 3 saturated heterocycles. The number of rotatable bonds is 28. The Labute approximate surface area is 868 Å². The summed E-state index contributed by atoms with van der Waals surface area (Å²) in [4.78, 5) is 163. The molecule has 0 spiro atoms. The van der Waals surface area contributed by atoms with Crippen LogP contribution in [0.3, 0.4) is 0 Å². The van der Waals surface area contributed by atoms with E-state index in [0.717, 1.165) is 36.6 Å². The fraction of sp³-hybridized carbons (Fsp3) is 0.394. The number of methoxy groups -OCH3 is 8. The highest BCUT2D eigenvalue weighted by atomic mass is 35.5. The molecule has 13 amide bonds. The van der Waals surface area contributed by atoms with Crippen molar-refractivity contribution >= 4 is 193 Å². The zero-order valence-corrected chi connectivity index (χ0v) is 86.4. The summed E-state index contributed by atoms with van der Waals surface area (Å²) < 4.78 is 77.7. The molecule has 4 aromatic carbocycles. The molecule has 146 heavy (non-hydrogen) atoms. The van der Waals surface area contributed by atoms with Crippen LogP contribution in [-0.2, 0) is 54.9 Å². The molecule has 52 heteroatoms. The zero-order chi connectivity index (χ0) is 106. The van der Waals surface area contributed by atoms with E-state index in [2.05, 4.69) is 114 Å². The quantitative estimate of drug-likeness (QED) is 0.0211. The molecular weight excluding hydrogens is 2030 g/mol. The van der Waals surface area contributed by atoms with Crippen LogP contribution in [0.2, 0.25) is 30.1 Å². The van der Waals surface area contributed by atoms with Gasteiger partial charge in [-0.1, -0.05) is 109 Å². The number of benzene rings is 4. The minimum atomic E-state index is -1.02. The van der Waals surface area contributed by atoms with E-state index in [1.54, 1.807) is 62.8 Å². The first-order valence-corrected chi connectivity index (χ1v) is 47.5. The van der Waals surface area contributed by atoms with Crippen molar-refractivity contribution in [2.45, 2.75) is 114 Å². The van der Waals surface area contributed by atoms with E-state index in [1.807, 2.05) is 7.05 Å². The van der Waals surface area contributed by atoms with Crippen LogP contribution in [0.25, 0.3) is 0 Å². The minimum absolute atomic E-state index is 0.0914. The molecule has 1 saturated carbocycles. The Balaban J connectivity index is 0.000000163. The Hall–Kier alpha value is -14.3. The van der Waals surface area contributed by atoms with Crippen LogP contribution in [0, 0.1) is 11.6 Å². The van der Waals surface area contributed by atoms with Crippen LogP contribution in [0.4, 0.5) is 97.8 Å². The highest BCUT2D eigenvalue weighted by molar-refractivity contribution is 6.44. The van der Waals surface area contributed by atoms with Crippen LogP contribution in [0.5, 0.6) is 46.0 Å². The molecule has 8 aliphatic rings. The van der Waals surface area contributed by atoms with Gasteiger partial charge in [-0.3, -0.25) is 63.2 Å². The molecule has 4 unspecified atom stereocenters. The number of carbonyl (C=O) groups is 9. The highest BCUT2D eigenvalue weighted by Gasteiger charge is 2.44. The molecule has 8 N–H and O–H groups in total. The maximum atomic E-state index is 15.1. The maximum Gasteiger partial charge on any atom is 0.330 e. The second-order valence-electron chi connectivity index (χ2n) is 34.0. The predicted molar refractivity (Wildman–Crippen MR) is 548 cm³/mol. The number of nitrogens with zero attached hydrogens (tertiary/aromatic N) is 18. The number of carbonyl (C=O) groups excluding carboxylic acids is 9. The number of hydrogen-bond donors (Lipinski definition) is 8. The number of nitrogens with one attached hydrogen (secondary N) is 8. The normalized spacial score (nSPS) is 19.3. The van der Waals surface area contributed by atoms with Crippen LogP contribution >= 0.6 is 69.6 Å². The van der Waals surface area contributed by atoms with E-state index in [4.69, 9.17) is 112 Å². The van der Waals surface area contributed by atoms with Gasteiger partial charge in [0.2, 0.25) is 53.3 Å². The van der Waals surface area contributed by atoms with Crippen molar-refractivity contribution < 1.29 is 94.6 Å². The lowest BCUT2D eigenvalue weighted by Gasteiger charge is -2.36. The first-order chi connectivity index (χ1) is 69.8. The number of hydrogen-bond acceptors (Lipinski definition) is 31. The molecule has 778 valence electrons. The van der Waals surface area contributed by atoms with Gasteiger partial charge >= 0.3 is 24.1 Å². The van der Waals surface area contributed by atoms with Crippen molar-refractivity contribution in [3.8, 4) is 46.0 Å². The molecule has 4 fully saturated rings. The van der Waals surface area contributed by atoms with Crippen molar-refractivity contribution in [3.63, 3.8) is 0 Å². The molecule has 8 aromatic rings. The third-order valence-electron chi connectivity index (χ3n) is 25.0. The van der Waals surface area contributed by atoms with Crippen LogP contribution in [0.15, 0.2) is 99.7 Å². The molecule has 11 heterocycles. The lowest BCUT2D eigenvalue weighted by Crippen LogP contribution is -2.52. The summed E-state index contributed by atoms with van der Waals surface area (Å²) in [6.45, 7) is 18.5. The first-order valence-electron chi connectivity index (χ1n) is 45.2. The standard InChI is InChI=1S/C24H27Cl2N7O5.C24H28F2N6O4.C23H27Cl2N7O4.C23H26Cl2N6O5/c1-6-18(35)28-14-10-32(12(2)34)11-15(14)29-23-27-8-13-9-33(24(36)31(3)22(13)30-23)21-19(25)16(37-4)7-17(38-5)20(21)26;1-5-18(33)28-14-8-6-7-9-15(14)29-23-27-11-13-12-32(24(34)31(2)22(13)30-23)21-19(25)16(35-3)10-17(36-4)20(21)26;1-6-17(33)27-13-10-30(2)11-14(13)28-22-26-8-12-9-32(23(34)31(3)21(12)29-22)20-18(24)15(35-4)7-16(36-5)19(20)25;1-5-17(32)27-14-11-36-7-6-13(14)28-22-26-9-12-10-31(23(33)30(2)21(12)29-22)20-18(24)15(34-3)8-16(35-4)19(20)25/h6-8,14-15H,1,9-11H2,2-5H3,(H,28,35)(H,27,29,30);5,10-11,14-15H,1,6-9,12H2,2-4H3,(H,28,33)(H,27,29,30);6-8,13-14H,1,9-11H2,2-5H3,(H,27,33)(H,26,28,29);5,8-9,13-14H,1,6-7,10-11H2,2-4H3,(H,27,32)(H,26,28,29)/t;14-,15+;;13-,14+/m.0.1/s1. The van der Waals surface area contributed by atoms with Gasteiger partial charge in [0.15, 0.2) is 23.1 Å². The largest absolute Gasteiger partial charge is 0.495 e. The number of urea groups is 4. The topological polar surface area (TPSA) is 468 Å². The lowest BCUT2D eigenvalue weighted by atomic mass is 9.90. The van der Waals surface area contributed by atoms with Crippen molar-refractivity contribution in [1.82, 2.24) is 70.9 Å². The molecule has 0 radical (unpaired) electrons. The van der Waals surface area contributed by atoms with E-state index in [0.29, 0.717) is 138 Å². The Kier molecular flexibility index (Phi) is 35.6. The number of likely N-dealkylation sites (tertiary alicyclic amines) is 2. The number of ether oxygens (including phenoxy) is 9. The molecule has 16 rings (SSSR count). The van der Waals surface area contributed by atoms with Crippen molar-refractivity contribution in [3.05, 3.63) is 164 Å². The van der Waals surface area contributed by atoms with E-state index >= 15 is 8.78 Å². The zero-order valence-electron chi connectivity index (χ0n) is 81.9. The van der Waals surface area contributed by atoms with E-state index in [9.17, 15) is 43.2 Å². The number of halogens is 8. The van der Waals surface area contributed by atoms with E-state index < -0.39 is 35.4 Å². The Morgan fingerprint density at radius 3 is 0.945 bits per heavy atom. The fourth-order valence-corrected chi connectivity index (χ4v) is 19.6. The van der Waals surface area contributed by atoms with E-state index in [-0.39, 0.29) is 181 Å². The van der Waals surface area contributed by atoms with Gasteiger partial charge in [0.1, 0.15) is 93.6 Å². The summed E-state index contributed by atoms with van der Waals surface area (Å²) in [7, 11) is 19.5. The maximum absolute atomic E-state index is 15.1. The summed E-state index contributed by atoms with van der Waals surface area (Å²) in [6.07, 6.45) is 15.5. The molecule has 1 aliphatic carbocycles. The van der Waals surface area contributed by atoms with Crippen molar-refractivity contribution in [1.29, 1.82) is 0 Å². The summed E-state index contributed by atoms with van der Waals surface area (Å²) in [6, 6.07) is 2.16. The van der Waals surface area contributed by atoms with Gasteiger partial charge in [-0.05, 0) is 50.6 Å². The Bertz CT molecular complexity index is 5880. The fourth-order valence-electron chi connectivity index (χ4n) is 17.5. The van der Waals surface area contributed by atoms with Crippen LogP contribution in [-0.4, -0.2) is 283 Å². The first kappa shape index (κ1) is 109. The number of amides is 13. The summed E-state index contributed by atoms with van der Waals surface area (Å²) in [5, 5.41) is 25.6. The second-order valence-corrected chi connectivity index (χ2v) is 36.3. The highest BCUT2D eigenvalue weighted by Crippen LogP contribution is 2.52. The van der Waals surface area contributed by atoms with Gasteiger partial charge in [0.25, 0.3) is 0 Å². The number of aromatic nitrogens is 8. The van der Waals surface area contributed by atoms with Gasteiger partial charge in [-0.2, -0.15) is 19.9 Å². The molecule has 8 atom stereocenters. The summed E-state index contributed by atoms with van der Waals surface area (Å²) in [5.74, 6) is 0.857. The average molecular weight is 2140 g/mol. The third-order valence-corrected chi connectivity index (χ3v) is 27.2. The summed E-state index contributed by atoms with van der Waals surface area (Å²) in [5.41, 5.74) is 2.69. The third kappa shape index (κ3) is 23.3. The number of likely N-dealkylation sites (N-methyl/N-ethyl adjacent to an activating group) is 1. The Morgan fingerprint density at radius 1 is 0.370 bits per heavy atom. The number of fused-ring (bicyclic) bond motifs is 4. The van der Waals surface area contributed by atoms with Crippen LogP contribution < -0.4 is 120 Å². The number of anilines is 12. The molecular formula is C94H108Cl6F2N26O18. The predicted octanol–water partition coefficient (Wildman–Crippen LogP) is 12.1. The monoisotopic (exact) mass is 2140 g/mol. The lowest BCUT2D eigenvalue weighted by molar-refractivity contribution is -0.128. The molecule has 44 nitrogen and oxygen atoms in total. The van der Waals surface area contributed by atoms with Gasteiger partial charge in [0.05, 0.1) is 143 Å². The van der Waals surface area contributed by atoms with Gasteiger partial charge in [-0.25, -0.2) is 47.9 Å². The van der Waals surface area contributed by atoms with Gasteiger partial charge < -0.3 is 95.0 Å². The summed E-state index contributed by atoms with van der Waals surface area (Å²) >= 11 is 39.3. The second kappa shape index (κ2) is 47.7. The van der Waals surface area contributed by atoms with Gasteiger partial charge in [-0.15, -0.1) is 0 Å². The van der Waals surface area contributed by atoms with Crippen molar-refractivity contribution in [2.24, 2.45) is 0 Å². The minimum Gasteiger partial charge on any atom is -0.495 e. The molecule has 0 bridgehead atoms. The Morgan fingerprint density at radius 2 is 0.630 bits per heavy atom. The van der Waals surface area contributed by atoms with Crippen molar-refractivity contribution in [2.75, 3.05) is 192 Å². The molecule has 4 aromatic heterocycles. The SMILES string of the molecule is C=CC(=O)NC1CN(C(C)=O)CC1Nc1ncc2c(n1)N(C)C(=O)N(c1c(Cl)c(OC)cc(OC)c1Cl)C2.C=CC(=O)NC1CN(C)CC1Nc1ncc2c(n1)N(C)C(=O)N(c1c(Cl)c(OC)cc(OC)c1Cl)C2.C=CC(=O)N[C@H]1CCCC[C@H]1Nc1ncc2c(n1)N(C)C(=O)N(c1c(F)c(OC)cc(OC)c1F)C2.C=CC(=O)N[C@H]1COCC[C@H]1Nc1ncc2c(n1)N(C)C(=O)N(c1c(Cl)c(OC)cc(OC)c1Cl)C2. The smallest absolute Gasteiger partial charge is 0.330 e. The molecule has 7 aliphatic heterocycles. The average Bonchev–Trinajstić information content (AvgIpc) is 0.882. The van der Waals surface area contributed by atoms with E-state index in [1.165, 1.54) is 136 Å².